The van der Waals surface area contributed by atoms with Gasteiger partial charge in [-0.25, -0.2) is 0 Å². The minimum absolute atomic E-state index is 0.0905. The molecule has 6 heteroatoms. The van der Waals surface area contributed by atoms with Crippen molar-refractivity contribution in [3.8, 4) is 0 Å². The summed E-state index contributed by atoms with van der Waals surface area (Å²) in [7, 11) is 0. The molecule has 2 aliphatic heterocycles. The van der Waals surface area contributed by atoms with E-state index in [0.29, 0.717) is 18.9 Å². The van der Waals surface area contributed by atoms with E-state index in [9.17, 15) is 9.59 Å². The standard InChI is InChI=1S/C22H26N2O4/c1-16-13-18(25)14-19(28-16)22(26)24-11-12-27-20(15-23-9-5-6-10-23)21(24)17-7-3-2-4-8-17/h2-4,7-8,13-14,20-21H,5-6,9-12,15H2,1H3/t20-,21-/m0/s1. The largest absolute Gasteiger partial charge is 0.456 e. The Bertz CT molecular complexity index is 874. The maximum Gasteiger partial charge on any atom is 0.290 e. The van der Waals surface area contributed by atoms with Crippen LogP contribution in [0.5, 0.6) is 0 Å². The van der Waals surface area contributed by atoms with Gasteiger partial charge in [0.05, 0.1) is 18.8 Å². The van der Waals surface area contributed by atoms with Gasteiger partial charge < -0.3 is 19.0 Å². The highest BCUT2D eigenvalue weighted by atomic mass is 16.5. The van der Waals surface area contributed by atoms with Crippen molar-refractivity contribution in [2.24, 2.45) is 0 Å². The van der Waals surface area contributed by atoms with Gasteiger partial charge in [0.2, 0.25) is 0 Å². The van der Waals surface area contributed by atoms with Crippen molar-refractivity contribution < 1.29 is 13.9 Å². The van der Waals surface area contributed by atoms with Gasteiger partial charge in [-0.1, -0.05) is 30.3 Å². The van der Waals surface area contributed by atoms with Gasteiger partial charge in [-0.2, -0.15) is 0 Å². The first kappa shape index (κ1) is 18.9. The molecule has 28 heavy (non-hydrogen) atoms. The first-order valence-corrected chi connectivity index (χ1v) is 9.93. The summed E-state index contributed by atoms with van der Waals surface area (Å²) >= 11 is 0. The molecule has 2 saturated heterocycles. The SMILES string of the molecule is Cc1cc(=O)cc(C(=O)N2CCO[C@@H](CN3CCCC3)[C@@H]2c2ccccc2)o1. The van der Waals surface area contributed by atoms with Crippen LogP contribution < -0.4 is 5.43 Å². The van der Waals surface area contributed by atoms with Crippen molar-refractivity contribution in [2.45, 2.75) is 31.9 Å². The second-order valence-corrected chi connectivity index (χ2v) is 7.54. The van der Waals surface area contributed by atoms with E-state index >= 15 is 0 Å². The lowest BCUT2D eigenvalue weighted by Gasteiger charge is -2.42. The van der Waals surface area contributed by atoms with Crippen LogP contribution in [0.15, 0.2) is 51.7 Å². The molecular weight excluding hydrogens is 356 g/mol. The monoisotopic (exact) mass is 382 g/mol. The van der Waals surface area contributed by atoms with Gasteiger partial charge in [0, 0.05) is 25.2 Å². The van der Waals surface area contributed by atoms with Gasteiger partial charge in [0.1, 0.15) is 5.76 Å². The smallest absolute Gasteiger partial charge is 0.290 e. The number of carbonyl (C=O) groups excluding carboxylic acids is 1. The molecule has 6 nitrogen and oxygen atoms in total. The molecule has 0 saturated carbocycles. The van der Waals surface area contributed by atoms with Gasteiger partial charge in [-0.05, 0) is 38.4 Å². The molecule has 1 amide bonds. The van der Waals surface area contributed by atoms with Crippen LogP contribution >= 0.6 is 0 Å². The number of benzene rings is 1. The molecule has 148 valence electrons. The third-order valence-corrected chi connectivity index (χ3v) is 5.49. The van der Waals surface area contributed by atoms with E-state index in [1.165, 1.54) is 25.0 Å². The Morgan fingerprint density at radius 1 is 1.11 bits per heavy atom. The van der Waals surface area contributed by atoms with Gasteiger partial charge in [-0.15, -0.1) is 0 Å². The average Bonchev–Trinajstić information content (AvgIpc) is 3.20. The van der Waals surface area contributed by atoms with Gasteiger partial charge in [0.15, 0.2) is 11.2 Å². The van der Waals surface area contributed by atoms with E-state index < -0.39 is 0 Å². The topological polar surface area (TPSA) is 63.0 Å². The summed E-state index contributed by atoms with van der Waals surface area (Å²) in [5.74, 6) is 0.270. The molecule has 0 aliphatic carbocycles. The molecule has 0 spiro atoms. The molecule has 2 fully saturated rings. The maximum absolute atomic E-state index is 13.3. The highest BCUT2D eigenvalue weighted by molar-refractivity contribution is 5.91. The number of nitrogens with zero attached hydrogens (tertiary/aromatic N) is 2. The van der Waals surface area contributed by atoms with Crippen molar-refractivity contribution in [1.82, 2.24) is 9.80 Å². The maximum atomic E-state index is 13.3. The van der Waals surface area contributed by atoms with Gasteiger partial charge in [-0.3, -0.25) is 9.59 Å². The summed E-state index contributed by atoms with van der Waals surface area (Å²) in [4.78, 5) is 29.4. The minimum Gasteiger partial charge on any atom is -0.456 e. The number of amides is 1. The average molecular weight is 382 g/mol. The Morgan fingerprint density at radius 3 is 2.57 bits per heavy atom. The zero-order valence-corrected chi connectivity index (χ0v) is 16.2. The van der Waals surface area contributed by atoms with Crippen molar-refractivity contribution in [2.75, 3.05) is 32.8 Å². The number of morpholine rings is 1. The molecule has 1 aromatic carbocycles. The molecule has 0 radical (unpaired) electrons. The molecule has 2 atom stereocenters. The zero-order chi connectivity index (χ0) is 19.5. The fourth-order valence-electron chi connectivity index (χ4n) is 4.23. The predicted molar refractivity (Wildman–Crippen MR) is 105 cm³/mol. The molecule has 2 aliphatic rings. The van der Waals surface area contributed by atoms with Crippen molar-refractivity contribution in [3.05, 3.63) is 69.8 Å². The second kappa shape index (κ2) is 8.29. The van der Waals surface area contributed by atoms with Crippen molar-refractivity contribution in [3.63, 3.8) is 0 Å². The molecule has 0 unspecified atom stereocenters. The van der Waals surface area contributed by atoms with Crippen LogP contribution in [0.3, 0.4) is 0 Å². The highest BCUT2D eigenvalue weighted by Gasteiger charge is 2.38. The Morgan fingerprint density at radius 2 is 1.86 bits per heavy atom. The van der Waals surface area contributed by atoms with Crippen LogP contribution in [0.25, 0.3) is 0 Å². The lowest BCUT2D eigenvalue weighted by Crippen LogP contribution is -2.51. The Balaban J connectivity index is 1.67. The second-order valence-electron chi connectivity index (χ2n) is 7.54. The van der Waals surface area contributed by atoms with E-state index in [4.69, 9.17) is 9.15 Å². The Kier molecular flexibility index (Phi) is 5.59. The van der Waals surface area contributed by atoms with E-state index in [1.54, 1.807) is 11.8 Å². The summed E-state index contributed by atoms with van der Waals surface area (Å²) in [5, 5.41) is 0. The summed E-state index contributed by atoms with van der Waals surface area (Å²) in [6.45, 7) is 5.56. The third kappa shape index (κ3) is 4.03. The molecule has 2 aromatic rings. The number of ether oxygens (including phenoxy) is 1. The normalized spacial score (nSPS) is 23.1. The van der Waals surface area contributed by atoms with Crippen molar-refractivity contribution in [1.29, 1.82) is 0 Å². The van der Waals surface area contributed by atoms with E-state index in [-0.39, 0.29) is 29.2 Å². The molecule has 0 bridgehead atoms. The number of hydrogen-bond donors (Lipinski definition) is 0. The van der Waals surface area contributed by atoms with Crippen LogP contribution in [0, 0.1) is 6.92 Å². The predicted octanol–water partition coefficient (Wildman–Crippen LogP) is 2.63. The summed E-state index contributed by atoms with van der Waals surface area (Å²) in [6, 6.07) is 12.4. The third-order valence-electron chi connectivity index (χ3n) is 5.49. The number of likely N-dealkylation sites (tertiary alicyclic amines) is 1. The van der Waals surface area contributed by atoms with E-state index in [2.05, 4.69) is 4.90 Å². The molecule has 3 heterocycles. The summed E-state index contributed by atoms with van der Waals surface area (Å²) < 4.78 is 11.7. The summed E-state index contributed by atoms with van der Waals surface area (Å²) in [5.41, 5.74) is 0.819. The fourth-order valence-corrected chi connectivity index (χ4v) is 4.23. The van der Waals surface area contributed by atoms with Crippen LogP contribution in [0.4, 0.5) is 0 Å². The highest BCUT2D eigenvalue weighted by Crippen LogP contribution is 2.32. The van der Waals surface area contributed by atoms with Crippen molar-refractivity contribution >= 4 is 5.91 Å². The number of aryl methyl sites for hydroxylation is 1. The van der Waals surface area contributed by atoms with Gasteiger partial charge in [0.25, 0.3) is 5.91 Å². The van der Waals surface area contributed by atoms with Gasteiger partial charge >= 0.3 is 0 Å². The first-order chi connectivity index (χ1) is 13.6. The minimum atomic E-state index is -0.260. The van der Waals surface area contributed by atoms with E-state index in [1.807, 2.05) is 30.3 Å². The fraction of sp³-hybridized carbons (Fsp3) is 0.455. The Labute approximate surface area is 164 Å². The number of carbonyl (C=O) groups is 1. The number of rotatable bonds is 4. The first-order valence-electron chi connectivity index (χ1n) is 9.93. The van der Waals surface area contributed by atoms with E-state index in [0.717, 1.165) is 25.2 Å². The van der Waals surface area contributed by atoms with Crippen LogP contribution in [-0.4, -0.2) is 54.6 Å². The molecule has 1 aromatic heterocycles. The quantitative estimate of drug-likeness (QED) is 0.813. The Hall–Kier alpha value is -2.44. The van der Waals surface area contributed by atoms with Crippen LogP contribution in [0.2, 0.25) is 0 Å². The molecular formula is C22H26N2O4. The lowest BCUT2D eigenvalue weighted by molar-refractivity contribution is -0.0714. The summed E-state index contributed by atoms with van der Waals surface area (Å²) in [6.07, 6.45) is 2.30. The molecule has 0 N–H and O–H groups in total. The number of hydrogen-bond acceptors (Lipinski definition) is 5. The van der Waals surface area contributed by atoms with Crippen LogP contribution in [0.1, 0.15) is 40.8 Å². The molecule has 4 rings (SSSR count). The van der Waals surface area contributed by atoms with Crippen LogP contribution in [-0.2, 0) is 4.74 Å². The zero-order valence-electron chi connectivity index (χ0n) is 16.2. The lowest BCUT2D eigenvalue weighted by atomic mass is 9.97.